The first-order valence-electron chi connectivity index (χ1n) is 5.66. The van der Waals surface area contributed by atoms with E-state index < -0.39 is 0 Å². The molecule has 2 aromatic rings. The number of anilines is 1. The van der Waals surface area contributed by atoms with E-state index in [0.29, 0.717) is 13.2 Å². The van der Waals surface area contributed by atoms with E-state index >= 15 is 0 Å². The van der Waals surface area contributed by atoms with Gasteiger partial charge in [-0.25, -0.2) is 4.39 Å². The summed E-state index contributed by atoms with van der Waals surface area (Å²) < 4.78 is 17.5. The fourth-order valence-electron chi connectivity index (χ4n) is 1.42. The van der Waals surface area contributed by atoms with E-state index in [4.69, 9.17) is 4.74 Å². The van der Waals surface area contributed by atoms with Crippen molar-refractivity contribution in [3.05, 3.63) is 48.5 Å². The predicted octanol–water partition coefficient (Wildman–Crippen LogP) is 2.44. The fourth-order valence-corrected chi connectivity index (χ4v) is 1.42. The molecule has 1 aromatic heterocycles. The smallest absolute Gasteiger partial charge is 0.132 e. The standard InChI is InChI=1S/C13H14FN3O/c14-5-6-16-11-1-3-13(4-2-11)18-10-12-9-15-7-8-17-12/h1-4,7-9,16H,5-6,10H2. The normalized spacial score (nSPS) is 10.1. The van der Waals surface area contributed by atoms with E-state index in [1.807, 2.05) is 24.3 Å². The molecule has 94 valence electrons. The molecule has 0 aliphatic carbocycles. The SMILES string of the molecule is FCCNc1ccc(OCc2cnccn2)cc1. The molecule has 5 heteroatoms. The molecule has 0 aliphatic rings. The minimum Gasteiger partial charge on any atom is -0.487 e. The maximum atomic E-state index is 12.0. The molecule has 0 aliphatic heterocycles. The third-order valence-corrected chi connectivity index (χ3v) is 2.28. The van der Waals surface area contributed by atoms with E-state index in [-0.39, 0.29) is 6.67 Å². The largest absolute Gasteiger partial charge is 0.487 e. The predicted molar refractivity (Wildman–Crippen MR) is 67.3 cm³/mol. The van der Waals surface area contributed by atoms with Crippen molar-refractivity contribution in [1.82, 2.24) is 9.97 Å². The molecule has 1 N–H and O–H groups in total. The van der Waals surface area contributed by atoms with Crippen molar-refractivity contribution < 1.29 is 9.13 Å². The number of hydrogen-bond donors (Lipinski definition) is 1. The van der Waals surface area contributed by atoms with Gasteiger partial charge in [0, 0.05) is 24.6 Å². The lowest BCUT2D eigenvalue weighted by molar-refractivity contribution is 0.301. The second-order valence-electron chi connectivity index (χ2n) is 3.63. The number of hydrogen-bond acceptors (Lipinski definition) is 4. The van der Waals surface area contributed by atoms with E-state index in [0.717, 1.165) is 17.1 Å². The van der Waals surface area contributed by atoms with Gasteiger partial charge in [-0.1, -0.05) is 0 Å². The van der Waals surface area contributed by atoms with Gasteiger partial charge in [0.25, 0.3) is 0 Å². The van der Waals surface area contributed by atoms with Gasteiger partial charge in [-0.05, 0) is 24.3 Å². The first-order valence-corrected chi connectivity index (χ1v) is 5.66. The lowest BCUT2D eigenvalue weighted by Gasteiger charge is -2.07. The first kappa shape index (κ1) is 12.3. The molecule has 1 heterocycles. The topological polar surface area (TPSA) is 47.0 Å². The van der Waals surface area contributed by atoms with Crippen molar-refractivity contribution >= 4 is 5.69 Å². The molecule has 0 bridgehead atoms. The summed E-state index contributed by atoms with van der Waals surface area (Å²) in [5, 5.41) is 2.94. The number of benzene rings is 1. The van der Waals surface area contributed by atoms with Crippen LogP contribution >= 0.6 is 0 Å². The van der Waals surface area contributed by atoms with E-state index in [9.17, 15) is 4.39 Å². The van der Waals surface area contributed by atoms with Gasteiger partial charge in [-0.2, -0.15) is 0 Å². The molecule has 0 saturated carbocycles. The Morgan fingerprint density at radius 3 is 2.67 bits per heavy atom. The highest BCUT2D eigenvalue weighted by Crippen LogP contribution is 2.16. The number of nitrogens with zero attached hydrogens (tertiary/aromatic N) is 2. The Balaban J connectivity index is 1.86. The Bertz CT molecular complexity index is 461. The Kier molecular flexibility index (Phi) is 4.46. The number of nitrogens with one attached hydrogen (secondary N) is 1. The first-order chi connectivity index (χ1) is 8.88. The molecule has 0 radical (unpaired) electrons. The van der Waals surface area contributed by atoms with Gasteiger partial charge in [0.15, 0.2) is 0 Å². The Morgan fingerprint density at radius 1 is 1.17 bits per heavy atom. The van der Waals surface area contributed by atoms with Crippen LogP contribution in [0.15, 0.2) is 42.9 Å². The van der Waals surface area contributed by atoms with E-state index in [1.165, 1.54) is 0 Å². The van der Waals surface area contributed by atoms with Gasteiger partial charge >= 0.3 is 0 Å². The third-order valence-electron chi connectivity index (χ3n) is 2.28. The molecule has 0 fully saturated rings. The summed E-state index contributed by atoms with van der Waals surface area (Å²) >= 11 is 0. The van der Waals surface area contributed by atoms with E-state index in [1.54, 1.807) is 18.6 Å². The average molecular weight is 247 g/mol. The van der Waals surface area contributed by atoms with Gasteiger partial charge in [-0.15, -0.1) is 0 Å². The van der Waals surface area contributed by atoms with Gasteiger partial charge in [0.05, 0.1) is 11.9 Å². The molecular weight excluding hydrogens is 233 g/mol. The van der Waals surface area contributed by atoms with Crippen molar-refractivity contribution in [2.45, 2.75) is 6.61 Å². The van der Waals surface area contributed by atoms with Crippen LogP contribution in [0.4, 0.5) is 10.1 Å². The zero-order valence-electron chi connectivity index (χ0n) is 9.84. The molecule has 0 saturated heterocycles. The van der Waals surface area contributed by atoms with Crippen LogP contribution in [0.2, 0.25) is 0 Å². The molecule has 0 amide bonds. The van der Waals surface area contributed by atoms with Crippen LogP contribution in [0.3, 0.4) is 0 Å². The Morgan fingerprint density at radius 2 is 2.00 bits per heavy atom. The summed E-state index contributed by atoms with van der Waals surface area (Å²) in [4.78, 5) is 8.07. The number of alkyl halides is 1. The average Bonchev–Trinajstić information content (AvgIpc) is 2.45. The summed E-state index contributed by atoms with van der Waals surface area (Å²) in [7, 11) is 0. The maximum absolute atomic E-state index is 12.0. The number of halogens is 1. The zero-order chi connectivity index (χ0) is 12.6. The van der Waals surface area contributed by atoms with Crippen molar-refractivity contribution in [2.75, 3.05) is 18.5 Å². The Hall–Kier alpha value is -2.17. The summed E-state index contributed by atoms with van der Waals surface area (Å²) in [6.07, 6.45) is 4.91. The highest BCUT2D eigenvalue weighted by molar-refractivity contribution is 5.46. The van der Waals surface area contributed by atoms with Crippen LogP contribution in [0.25, 0.3) is 0 Å². The van der Waals surface area contributed by atoms with Gasteiger partial charge in [0.1, 0.15) is 19.0 Å². The molecule has 2 rings (SSSR count). The van der Waals surface area contributed by atoms with Crippen molar-refractivity contribution in [3.63, 3.8) is 0 Å². The number of rotatable bonds is 6. The molecule has 0 spiro atoms. The minimum atomic E-state index is -0.384. The monoisotopic (exact) mass is 247 g/mol. The summed E-state index contributed by atoms with van der Waals surface area (Å²) in [6, 6.07) is 7.36. The highest BCUT2D eigenvalue weighted by Gasteiger charge is 1.97. The molecule has 18 heavy (non-hydrogen) atoms. The second kappa shape index (κ2) is 6.54. The molecule has 4 nitrogen and oxygen atoms in total. The Labute approximate surface area is 105 Å². The van der Waals surface area contributed by atoms with Crippen molar-refractivity contribution in [1.29, 1.82) is 0 Å². The summed E-state index contributed by atoms with van der Waals surface area (Å²) in [5.41, 5.74) is 1.65. The quantitative estimate of drug-likeness (QED) is 0.851. The van der Waals surface area contributed by atoms with Crippen molar-refractivity contribution in [3.8, 4) is 5.75 Å². The van der Waals surface area contributed by atoms with Gasteiger partial charge in [-0.3, -0.25) is 9.97 Å². The molecular formula is C13H14FN3O. The summed E-state index contributed by atoms with van der Waals surface area (Å²) in [6.45, 7) is 0.315. The molecule has 0 unspecified atom stereocenters. The second-order valence-corrected chi connectivity index (χ2v) is 3.63. The molecule has 0 atom stereocenters. The third kappa shape index (κ3) is 3.69. The minimum absolute atomic E-state index is 0.319. The van der Waals surface area contributed by atoms with E-state index in [2.05, 4.69) is 15.3 Å². The van der Waals surface area contributed by atoms with Crippen LogP contribution in [0.5, 0.6) is 5.75 Å². The van der Waals surface area contributed by atoms with Gasteiger partial charge in [0.2, 0.25) is 0 Å². The van der Waals surface area contributed by atoms with Crippen LogP contribution in [-0.2, 0) is 6.61 Å². The van der Waals surface area contributed by atoms with Crippen molar-refractivity contribution in [2.24, 2.45) is 0 Å². The molecule has 1 aromatic carbocycles. The van der Waals surface area contributed by atoms with Crippen LogP contribution in [-0.4, -0.2) is 23.2 Å². The number of ether oxygens (including phenoxy) is 1. The lowest BCUT2D eigenvalue weighted by atomic mass is 10.3. The fraction of sp³-hybridized carbons (Fsp3) is 0.231. The van der Waals surface area contributed by atoms with Crippen LogP contribution in [0, 0.1) is 0 Å². The highest BCUT2D eigenvalue weighted by atomic mass is 19.1. The van der Waals surface area contributed by atoms with Crippen LogP contribution in [0.1, 0.15) is 5.69 Å². The van der Waals surface area contributed by atoms with Crippen LogP contribution < -0.4 is 10.1 Å². The summed E-state index contributed by atoms with van der Waals surface area (Å²) in [5.74, 6) is 0.742. The zero-order valence-corrected chi connectivity index (χ0v) is 9.84. The lowest BCUT2D eigenvalue weighted by Crippen LogP contribution is -2.02. The number of aromatic nitrogens is 2. The van der Waals surface area contributed by atoms with Gasteiger partial charge < -0.3 is 10.1 Å². The maximum Gasteiger partial charge on any atom is 0.132 e.